The van der Waals surface area contributed by atoms with E-state index < -0.39 is 0 Å². The Bertz CT molecular complexity index is 575. The third-order valence-corrected chi connectivity index (χ3v) is 4.18. The van der Waals surface area contributed by atoms with Crippen LogP contribution < -0.4 is 5.32 Å². The van der Waals surface area contributed by atoms with Crippen molar-refractivity contribution in [3.63, 3.8) is 0 Å². The van der Waals surface area contributed by atoms with Gasteiger partial charge in [-0.15, -0.1) is 10.2 Å². The molecule has 4 heteroatoms. The van der Waals surface area contributed by atoms with Crippen molar-refractivity contribution in [2.24, 2.45) is 0 Å². The molecule has 0 aliphatic heterocycles. The number of rotatable bonds is 4. The molecule has 1 N–H and O–H groups in total. The van der Waals surface area contributed by atoms with Crippen LogP contribution in [0.1, 0.15) is 61.1 Å². The molecule has 0 bridgehead atoms. The lowest BCUT2D eigenvalue weighted by molar-refractivity contribution is 0.369. The second-order valence-corrected chi connectivity index (χ2v) is 5.37. The Morgan fingerprint density at radius 2 is 2.20 bits per heavy atom. The maximum absolute atomic E-state index is 5.94. The molecule has 1 aliphatic carbocycles. The van der Waals surface area contributed by atoms with Crippen LogP contribution >= 0.6 is 0 Å². The van der Waals surface area contributed by atoms with Gasteiger partial charge in [-0.25, -0.2) is 0 Å². The number of aromatic nitrogens is 2. The highest BCUT2D eigenvalue weighted by Gasteiger charge is 2.27. The van der Waals surface area contributed by atoms with Gasteiger partial charge in [-0.2, -0.15) is 0 Å². The van der Waals surface area contributed by atoms with Crippen LogP contribution in [0.4, 0.5) is 0 Å². The molecule has 2 atom stereocenters. The zero-order chi connectivity index (χ0) is 13.9. The average molecular weight is 271 g/mol. The Hall–Kier alpha value is -1.68. The summed E-state index contributed by atoms with van der Waals surface area (Å²) in [5.74, 6) is 1.73. The number of fused-ring (bicyclic) bond motifs is 1. The highest BCUT2D eigenvalue weighted by Crippen LogP contribution is 2.36. The number of hydrogen-bond donors (Lipinski definition) is 1. The first kappa shape index (κ1) is 13.3. The van der Waals surface area contributed by atoms with Gasteiger partial charge in [-0.1, -0.05) is 31.2 Å². The summed E-state index contributed by atoms with van der Waals surface area (Å²) in [6.45, 7) is 2.11. The van der Waals surface area contributed by atoms with Crippen LogP contribution in [0.2, 0.25) is 0 Å². The number of hydrogen-bond acceptors (Lipinski definition) is 4. The van der Waals surface area contributed by atoms with E-state index in [9.17, 15) is 0 Å². The van der Waals surface area contributed by atoms with Crippen molar-refractivity contribution in [1.82, 2.24) is 15.5 Å². The van der Waals surface area contributed by atoms with Gasteiger partial charge in [0, 0.05) is 0 Å². The zero-order valence-electron chi connectivity index (χ0n) is 12.1. The van der Waals surface area contributed by atoms with E-state index in [4.69, 9.17) is 4.42 Å². The second kappa shape index (κ2) is 5.75. The summed E-state index contributed by atoms with van der Waals surface area (Å²) in [6.07, 6.45) is 4.37. The van der Waals surface area contributed by atoms with Crippen molar-refractivity contribution in [3.8, 4) is 0 Å². The molecule has 0 radical (unpaired) electrons. The third-order valence-electron chi connectivity index (χ3n) is 4.18. The molecule has 106 valence electrons. The quantitative estimate of drug-likeness (QED) is 0.927. The number of nitrogens with zero attached hydrogens (tertiary/aromatic N) is 2. The normalized spacial score (nSPS) is 19.6. The summed E-state index contributed by atoms with van der Waals surface area (Å²) >= 11 is 0. The van der Waals surface area contributed by atoms with Gasteiger partial charge >= 0.3 is 0 Å². The van der Waals surface area contributed by atoms with E-state index in [1.54, 1.807) is 0 Å². The van der Waals surface area contributed by atoms with E-state index in [0.717, 1.165) is 25.2 Å². The molecule has 0 spiro atoms. The first-order valence-corrected chi connectivity index (χ1v) is 7.41. The van der Waals surface area contributed by atoms with Crippen molar-refractivity contribution in [3.05, 3.63) is 47.2 Å². The predicted octanol–water partition coefficient (Wildman–Crippen LogP) is 3.21. The van der Waals surface area contributed by atoms with Crippen LogP contribution in [0.25, 0.3) is 0 Å². The summed E-state index contributed by atoms with van der Waals surface area (Å²) in [5.41, 5.74) is 2.77. The van der Waals surface area contributed by atoms with Crippen LogP contribution in [-0.2, 0) is 6.42 Å². The monoisotopic (exact) mass is 271 g/mol. The molecule has 0 saturated carbocycles. The predicted molar refractivity (Wildman–Crippen MR) is 77.6 cm³/mol. The minimum Gasteiger partial charge on any atom is -0.423 e. The smallest absolute Gasteiger partial charge is 0.233 e. The highest BCUT2D eigenvalue weighted by molar-refractivity contribution is 5.35. The van der Waals surface area contributed by atoms with Gasteiger partial charge in [0.2, 0.25) is 11.8 Å². The molecule has 20 heavy (non-hydrogen) atoms. The van der Waals surface area contributed by atoms with Crippen molar-refractivity contribution in [2.45, 2.75) is 44.6 Å². The lowest BCUT2D eigenvalue weighted by atomic mass is 9.83. The molecule has 1 aromatic carbocycles. The van der Waals surface area contributed by atoms with Gasteiger partial charge in [0.1, 0.15) is 0 Å². The molecule has 1 aromatic heterocycles. The van der Waals surface area contributed by atoms with Crippen LogP contribution in [-0.4, -0.2) is 17.2 Å². The third kappa shape index (κ3) is 2.36. The molecule has 3 rings (SSSR count). The molecule has 0 amide bonds. The number of nitrogens with one attached hydrogen (secondary N) is 1. The molecule has 4 nitrogen and oxygen atoms in total. The first-order valence-electron chi connectivity index (χ1n) is 7.41. The molecule has 1 heterocycles. The lowest BCUT2D eigenvalue weighted by Crippen LogP contribution is -2.15. The van der Waals surface area contributed by atoms with Gasteiger partial charge < -0.3 is 9.73 Å². The van der Waals surface area contributed by atoms with E-state index in [2.05, 4.69) is 46.7 Å². The summed E-state index contributed by atoms with van der Waals surface area (Å²) in [4.78, 5) is 0. The zero-order valence-corrected chi connectivity index (χ0v) is 12.1. The minimum atomic E-state index is 0.148. The van der Waals surface area contributed by atoms with Crippen molar-refractivity contribution in [1.29, 1.82) is 0 Å². The van der Waals surface area contributed by atoms with E-state index in [1.807, 2.05) is 7.05 Å². The standard InChI is InChI=1S/C16H21N3O/c1-3-14(17-2)16-19-18-15(20-16)13-10-6-8-11-7-4-5-9-12(11)13/h4-5,7,9,13-14,17H,3,6,8,10H2,1-2H3. The fourth-order valence-electron chi connectivity index (χ4n) is 3.04. The molecule has 2 aromatic rings. The van der Waals surface area contributed by atoms with E-state index in [0.29, 0.717) is 5.89 Å². The van der Waals surface area contributed by atoms with Gasteiger partial charge in [-0.05, 0) is 43.9 Å². The Morgan fingerprint density at radius 1 is 1.35 bits per heavy atom. The summed E-state index contributed by atoms with van der Waals surface area (Å²) in [7, 11) is 1.92. The first-order chi connectivity index (χ1) is 9.83. The Balaban J connectivity index is 1.91. The highest BCUT2D eigenvalue weighted by atomic mass is 16.4. The maximum Gasteiger partial charge on any atom is 0.233 e. The molecule has 2 unspecified atom stereocenters. The van der Waals surface area contributed by atoms with Crippen LogP contribution in [0.5, 0.6) is 0 Å². The lowest BCUT2D eigenvalue weighted by Gasteiger charge is -2.22. The van der Waals surface area contributed by atoms with Crippen LogP contribution in [0, 0.1) is 0 Å². The molecule has 1 aliphatic rings. The number of benzene rings is 1. The molecular formula is C16H21N3O. The van der Waals surface area contributed by atoms with Gasteiger partial charge in [0.25, 0.3) is 0 Å². The fourth-order valence-corrected chi connectivity index (χ4v) is 3.04. The van der Waals surface area contributed by atoms with Crippen LogP contribution in [0.15, 0.2) is 28.7 Å². The summed E-state index contributed by atoms with van der Waals surface area (Å²) in [5, 5.41) is 11.7. The molecule has 0 saturated heterocycles. The topological polar surface area (TPSA) is 51.0 Å². The van der Waals surface area contributed by atoms with Crippen LogP contribution in [0.3, 0.4) is 0 Å². The molecular weight excluding hydrogens is 250 g/mol. The van der Waals surface area contributed by atoms with E-state index >= 15 is 0 Å². The van der Waals surface area contributed by atoms with Gasteiger partial charge in [0.15, 0.2) is 0 Å². The largest absolute Gasteiger partial charge is 0.423 e. The molecule has 0 fully saturated rings. The second-order valence-electron chi connectivity index (χ2n) is 5.37. The van der Waals surface area contributed by atoms with Gasteiger partial charge in [-0.3, -0.25) is 0 Å². The van der Waals surface area contributed by atoms with Crippen molar-refractivity contribution >= 4 is 0 Å². The number of aryl methyl sites for hydroxylation is 1. The average Bonchev–Trinajstić information content (AvgIpc) is 2.97. The SMILES string of the molecule is CCC(NC)c1nnc(C2CCCc3ccccc32)o1. The minimum absolute atomic E-state index is 0.148. The fraction of sp³-hybridized carbons (Fsp3) is 0.500. The maximum atomic E-state index is 5.94. The van der Waals surface area contributed by atoms with Crippen molar-refractivity contribution < 1.29 is 4.42 Å². The summed E-state index contributed by atoms with van der Waals surface area (Å²) < 4.78 is 5.94. The van der Waals surface area contributed by atoms with E-state index in [-0.39, 0.29) is 12.0 Å². The summed E-state index contributed by atoms with van der Waals surface area (Å²) in [6, 6.07) is 8.75. The Labute approximate surface area is 119 Å². The Morgan fingerprint density at radius 3 is 3.00 bits per heavy atom. The van der Waals surface area contributed by atoms with Crippen molar-refractivity contribution in [2.75, 3.05) is 7.05 Å². The Kier molecular flexibility index (Phi) is 3.83. The van der Waals surface area contributed by atoms with Gasteiger partial charge in [0.05, 0.1) is 12.0 Å². The van der Waals surface area contributed by atoms with E-state index in [1.165, 1.54) is 17.5 Å².